The van der Waals surface area contributed by atoms with Crippen molar-refractivity contribution in [3.8, 4) is 11.5 Å². The summed E-state index contributed by atoms with van der Waals surface area (Å²) in [7, 11) is 0. The van der Waals surface area contributed by atoms with Gasteiger partial charge in [-0.05, 0) is 47.4 Å². The van der Waals surface area contributed by atoms with E-state index in [0.717, 1.165) is 19.4 Å². The quantitative estimate of drug-likeness (QED) is 0.399. The lowest BCUT2D eigenvalue weighted by Crippen LogP contribution is -2.51. The fraction of sp³-hybridized carbons (Fsp3) is 0.524. The Morgan fingerprint density at radius 3 is 2.94 bits per heavy atom. The lowest BCUT2D eigenvalue weighted by atomic mass is 9.95. The number of nitrogens with zero attached hydrogens (tertiary/aromatic N) is 2. The van der Waals surface area contributed by atoms with E-state index in [0.29, 0.717) is 13.0 Å². The zero-order valence-corrected chi connectivity index (χ0v) is 19.5. The largest absolute Gasteiger partial charge is 0.488 e. The van der Waals surface area contributed by atoms with Crippen molar-refractivity contribution in [2.75, 3.05) is 25.0 Å². The predicted molar refractivity (Wildman–Crippen MR) is 116 cm³/mol. The van der Waals surface area contributed by atoms with Crippen molar-refractivity contribution in [3.05, 3.63) is 39.1 Å². The number of aromatic nitrogens is 1. The first-order chi connectivity index (χ1) is 15.7. The lowest BCUT2D eigenvalue weighted by Gasteiger charge is -2.35. The number of hydrogen-bond acceptors (Lipinski definition) is 5. The molecule has 1 unspecified atom stereocenters. The number of hydrogen-bond donors (Lipinski definition) is 2. The number of anilines is 1. The molecule has 178 valence electrons. The zero-order valence-electron chi connectivity index (χ0n) is 17.2. The Morgan fingerprint density at radius 2 is 2.12 bits per heavy atom. The van der Waals surface area contributed by atoms with Gasteiger partial charge in [0.1, 0.15) is 24.6 Å². The summed E-state index contributed by atoms with van der Waals surface area (Å²) in [6, 6.07) is 2.93. The molecular formula is C21H20BrClF4N4O2. The van der Waals surface area contributed by atoms with Crippen molar-refractivity contribution < 1.29 is 27.0 Å². The molecule has 0 radical (unpaired) electrons. The molecule has 5 heterocycles. The highest BCUT2D eigenvalue weighted by Crippen LogP contribution is 2.52. The van der Waals surface area contributed by atoms with Gasteiger partial charge in [0.15, 0.2) is 11.5 Å². The van der Waals surface area contributed by atoms with Gasteiger partial charge < -0.3 is 19.4 Å². The van der Waals surface area contributed by atoms with Crippen molar-refractivity contribution in [3.63, 3.8) is 0 Å². The maximum Gasteiger partial charge on any atom is 0.388 e. The summed E-state index contributed by atoms with van der Waals surface area (Å²) in [6.45, 7) is 1.38. The summed E-state index contributed by atoms with van der Waals surface area (Å²) < 4.78 is 71.7. The van der Waals surface area contributed by atoms with Crippen molar-refractivity contribution in [1.29, 1.82) is 0 Å². The van der Waals surface area contributed by atoms with Crippen molar-refractivity contribution in [1.82, 2.24) is 14.8 Å². The molecule has 4 aliphatic rings. The molecule has 0 saturated carbocycles. The summed E-state index contributed by atoms with van der Waals surface area (Å²) in [5, 5.41) is 4.48. The fourth-order valence-corrected chi connectivity index (χ4v) is 6.28. The number of alkyl halides is 4. The van der Waals surface area contributed by atoms with E-state index in [2.05, 4.69) is 31.5 Å². The van der Waals surface area contributed by atoms with Crippen molar-refractivity contribution in [2.24, 2.45) is 0 Å². The molecule has 12 heteroatoms. The van der Waals surface area contributed by atoms with Crippen LogP contribution in [-0.2, 0) is 0 Å². The molecule has 2 aromatic rings. The van der Waals surface area contributed by atoms with Crippen LogP contribution in [0.2, 0.25) is 5.02 Å². The van der Waals surface area contributed by atoms with E-state index in [-0.39, 0.29) is 44.5 Å². The molecule has 4 atom stereocenters. The van der Waals surface area contributed by atoms with Crippen LogP contribution in [-0.4, -0.2) is 47.0 Å². The molecule has 1 aromatic heterocycles. The maximum atomic E-state index is 15.3. The summed E-state index contributed by atoms with van der Waals surface area (Å²) in [4.78, 5) is 2.10. The average Bonchev–Trinajstić information content (AvgIpc) is 3.33. The molecule has 2 N–H and O–H groups in total. The van der Waals surface area contributed by atoms with Crippen LogP contribution in [0.3, 0.4) is 0 Å². The third kappa shape index (κ3) is 3.34. The SMILES string of the molecule is F[C@H]1CN2CCC[C@@]2(COc2ccc3c4c2O[C@@H](F)c2c(Br)c(Cl)cn2C4NC(F)(F)N3)C1. The smallest absolute Gasteiger partial charge is 0.388 e. The predicted octanol–water partition coefficient (Wildman–Crippen LogP) is 5.33. The molecule has 33 heavy (non-hydrogen) atoms. The summed E-state index contributed by atoms with van der Waals surface area (Å²) in [5.41, 5.74) is -0.0981. The molecular weight excluding hydrogens is 532 g/mol. The Kier molecular flexibility index (Phi) is 4.89. The number of benzene rings is 1. The van der Waals surface area contributed by atoms with Gasteiger partial charge in [-0.1, -0.05) is 11.6 Å². The average molecular weight is 552 g/mol. The van der Waals surface area contributed by atoms with E-state index in [1.807, 2.05) is 0 Å². The molecule has 0 spiro atoms. The molecule has 0 bridgehead atoms. The van der Waals surface area contributed by atoms with Crippen LogP contribution in [0.5, 0.6) is 11.5 Å². The van der Waals surface area contributed by atoms with Crippen LogP contribution in [0.25, 0.3) is 0 Å². The Bertz CT molecular complexity index is 1130. The topological polar surface area (TPSA) is 50.7 Å². The second kappa shape index (κ2) is 7.40. The Labute approximate surface area is 200 Å². The van der Waals surface area contributed by atoms with Gasteiger partial charge in [0, 0.05) is 19.2 Å². The first kappa shape index (κ1) is 21.8. The molecule has 1 aromatic carbocycles. The Balaban J connectivity index is 1.42. The Hall–Kier alpha value is -1.69. The molecule has 0 aliphatic carbocycles. The fourth-order valence-electron chi connectivity index (χ4n) is 5.59. The number of nitrogens with one attached hydrogen (secondary N) is 2. The first-order valence-electron chi connectivity index (χ1n) is 10.7. The minimum Gasteiger partial charge on any atom is -0.488 e. The molecule has 0 amide bonds. The van der Waals surface area contributed by atoms with Crippen LogP contribution in [0.1, 0.15) is 43.0 Å². The van der Waals surface area contributed by atoms with Crippen LogP contribution in [0, 0.1) is 0 Å². The number of halogens is 6. The van der Waals surface area contributed by atoms with E-state index >= 15 is 4.39 Å². The monoisotopic (exact) mass is 550 g/mol. The molecule has 2 fully saturated rings. The van der Waals surface area contributed by atoms with Gasteiger partial charge in [-0.3, -0.25) is 4.90 Å². The van der Waals surface area contributed by atoms with E-state index in [1.54, 1.807) is 0 Å². The van der Waals surface area contributed by atoms with Gasteiger partial charge in [0.25, 0.3) is 6.36 Å². The van der Waals surface area contributed by atoms with E-state index in [1.165, 1.54) is 22.9 Å². The van der Waals surface area contributed by atoms with E-state index in [9.17, 15) is 13.2 Å². The lowest BCUT2D eigenvalue weighted by molar-refractivity contribution is -0.0257. The minimum absolute atomic E-state index is 0.0166. The van der Waals surface area contributed by atoms with Crippen LogP contribution < -0.4 is 20.1 Å². The van der Waals surface area contributed by atoms with Crippen molar-refractivity contribution >= 4 is 33.2 Å². The number of rotatable bonds is 3. The van der Waals surface area contributed by atoms with E-state index < -0.39 is 30.4 Å². The second-order valence-electron chi connectivity index (χ2n) is 8.98. The van der Waals surface area contributed by atoms with Gasteiger partial charge in [-0.25, -0.2) is 9.71 Å². The summed E-state index contributed by atoms with van der Waals surface area (Å²) in [5.74, 6) is 0.231. The summed E-state index contributed by atoms with van der Waals surface area (Å²) in [6.07, 6.45) is -4.05. The third-order valence-corrected chi connectivity index (χ3v) is 8.33. The van der Waals surface area contributed by atoms with Crippen LogP contribution in [0.4, 0.5) is 23.2 Å². The third-order valence-electron chi connectivity index (χ3n) is 6.98. The standard InChI is InChI=1S/C21H20BrClF4N4O2/c22-15-11(23)8-31-16(15)18(25)33-17-13(3-2-12-14(17)19(31)29-21(26,27)28-12)32-9-20-4-1-5-30(20)7-10(24)6-20/h2-3,8,10,18-19,28-29H,1,4-7,9H2/t10-,18-,19?,20+/m1/s1. The normalized spacial score (nSPS) is 31.8. The van der Waals surface area contributed by atoms with Gasteiger partial charge in [0.2, 0.25) is 0 Å². The van der Waals surface area contributed by atoms with Crippen LogP contribution in [0.15, 0.2) is 22.8 Å². The Morgan fingerprint density at radius 1 is 1.30 bits per heavy atom. The van der Waals surface area contributed by atoms with Crippen LogP contribution >= 0.6 is 27.5 Å². The van der Waals surface area contributed by atoms with Crippen molar-refractivity contribution in [2.45, 2.75) is 49.7 Å². The maximum absolute atomic E-state index is 15.3. The molecule has 6 rings (SSSR count). The highest BCUT2D eigenvalue weighted by Gasteiger charge is 2.50. The number of ether oxygens (including phenoxy) is 2. The zero-order chi connectivity index (χ0) is 23.1. The first-order valence-corrected chi connectivity index (χ1v) is 11.8. The van der Waals surface area contributed by atoms with Gasteiger partial charge >= 0.3 is 6.17 Å². The molecule has 6 nitrogen and oxygen atoms in total. The van der Waals surface area contributed by atoms with E-state index in [4.69, 9.17) is 21.1 Å². The highest BCUT2D eigenvalue weighted by atomic mass is 79.9. The molecule has 2 saturated heterocycles. The highest BCUT2D eigenvalue weighted by molar-refractivity contribution is 9.10. The van der Waals surface area contributed by atoms with Gasteiger partial charge in [0.05, 0.1) is 26.3 Å². The number of fused-ring (bicyclic) bond motifs is 3. The summed E-state index contributed by atoms with van der Waals surface area (Å²) >= 11 is 9.38. The minimum atomic E-state index is -3.46. The molecule has 4 aliphatic heterocycles. The van der Waals surface area contributed by atoms with Gasteiger partial charge in [-0.15, -0.1) is 0 Å². The van der Waals surface area contributed by atoms with Gasteiger partial charge in [-0.2, -0.15) is 13.2 Å². The second-order valence-corrected chi connectivity index (χ2v) is 10.2.